The molecule has 0 spiro atoms. The van der Waals surface area contributed by atoms with Crippen LogP contribution in [0.1, 0.15) is 18.4 Å². The van der Waals surface area contributed by atoms with E-state index in [0.717, 1.165) is 18.4 Å². The molecule has 0 saturated carbocycles. The Morgan fingerprint density at radius 1 is 1.07 bits per heavy atom. The summed E-state index contributed by atoms with van der Waals surface area (Å²) in [5.74, 6) is -1.48. The summed E-state index contributed by atoms with van der Waals surface area (Å²) in [6.07, 6.45) is 1.97. The van der Waals surface area contributed by atoms with Crippen molar-refractivity contribution >= 4 is 21.3 Å². The van der Waals surface area contributed by atoms with Gasteiger partial charge >= 0.3 is 0 Å². The van der Waals surface area contributed by atoms with Gasteiger partial charge in [-0.05, 0) is 42.3 Å². The Morgan fingerprint density at radius 2 is 1.78 bits per heavy atom. The van der Waals surface area contributed by atoms with E-state index in [1.807, 2.05) is 0 Å². The van der Waals surface area contributed by atoms with Crippen LogP contribution in [0, 0.1) is 11.6 Å². The van der Waals surface area contributed by atoms with Crippen LogP contribution in [-0.4, -0.2) is 33.6 Å². The van der Waals surface area contributed by atoms with Gasteiger partial charge in [0, 0.05) is 24.9 Å². The summed E-state index contributed by atoms with van der Waals surface area (Å²) in [5.41, 5.74) is 1.10. The molecule has 5 nitrogen and oxygen atoms in total. The lowest BCUT2D eigenvalue weighted by atomic mass is 10.2. The minimum Gasteiger partial charge on any atom is -0.486 e. The lowest BCUT2D eigenvalue weighted by molar-refractivity contribution is -0.121. The average molecular weight is 397 g/mol. The summed E-state index contributed by atoms with van der Waals surface area (Å²) in [4.78, 5) is 11.8. The smallest absolute Gasteiger partial charge is 0.170 e. The highest BCUT2D eigenvalue weighted by molar-refractivity contribution is 7.89. The first-order valence-corrected chi connectivity index (χ1v) is 10.4. The number of anilines is 1. The summed E-state index contributed by atoms with van der Waals surface area (Å²) in [6.45, 7) is 0.355. The quantitative estimate of drug-likeness (QED) is 0.623. The number of ether oxygens (including phenoxy) is 1. The number of rotatable bonds is 10. The largest absolute Gasteiger partial charge is 0.486 e. The molecule has 2 aromatic carbocycles. The van der Waals surface area contributed by atoms with E-state index in [0.29, 0.717) is 30.0 Å². The lowest BCUT2D eigenvalue weighted by Gasteiger charge is -2.08. The summed E-state index contributed by atoms with van der Waals surface area (Å²) in [6, 6.07) is 10.1. The van der Waals surface area contributed by atoms with Crippen molar-refractivity contribution in [3.8, 4) is 5.75 Å². The second kappa shape index (κ2) is 9.45. The molecule has 0 atom stereocenters. The van der Waals surface area contributed by atoms with E-state index in [4.69, 9.17) is 4.74 Å². The van der Waals surface area contributed by atoms with Crippen molar-refractivity contribution in [2.45, 2.75) is 18.6 Å². The first-order valence-electron chi connectivity index (χ1n) is 8.33. The molecular formula is C19H21F2NO4S. The van der Waals surface area contributed by atoms with E-state index in [2.05, 4.69) is 5.32 Å². The molecule has 0 heterocycles. The molecule has 0 bridgehead atoms. The maximum absolute atomic E-state index is 13.1. The summed E-state index contributed by atoms with van der Waals surface area (Å²) in [7, 11) is -3.09. The Labute approximate surface area is 157 Å². The zero-order valence-electron chi connectivity index (χ0n) is 14.9. The number of hydrogen-bond donors (Lipinski definition) is 1. The monoisotopic (exact) mass is 397 g/mol. The van der Waals surface area contributed by atoms with Gasteiger partial charge in [0.05, 0.1) is 5.75 Å². The number of nitrogens with one attached hydrogen (secondary N) is 1. The first-order chi connectivity index (χ1) is 12.7. The average Bonchev–Trinajstić information content (AvgIpc) is 2.60. The van der Waals surface area contributed by atoms with Gasteiger partial charge in [-0.2, -0.15) is 0 Å². The molecule has 8 heteroatoms. The Bertz CT molecular complexity index is 883. The fourth-order valence-corrected chi connectivity index (χ4v) is 3.14. The number of benzene rings is 2. The number of carbonyl (C=O) groups excluding carboxylic acids is 1. The van der Waals surface area contributed by atoms with Crippen molar-refractivity contribution in [1.29, 1.82) is 0 Å². The number of ketones is 1. The zero-order valence-corrected chi connectivity index (χ0v) is 15.7. The Hall–Kier alpha value is -2.48. The van der Waals surface area contributed by atoms with Crippen LogP contribution in [0.4, 0.5) is 14.5 Å². The van der Waals surface area contributed by atoms with Gasteiger partial charge < -0.3 is 10.1 Å². The third-order valence-electron chi connectivity index (χ3n) is 3.63. The molecule has 0 aliphatic rings. The molecule has 0 aliphatic carbocycles. The number of sulfone groups is 1. The SMILES string of the molecule is CS(=O)(=O)Cc1ccc(OCC(=O)CCCNc2ccc(F)c(F)c2)cc1. The molecule has 0 radical (unpaired) electrons. The highest BCUT2D eigenvalue weighted by Gasteiger charge is 2.07. The predicted molar refractivity (Wildman–Crippen MR) is 99.6 cm³/mol. The zero-order chi connectivity index (χ0) is 19.9. The third-order valence-corrected chi connectivity index (χ3v) is 4.49. The van der Waals surface area contributed by atoms with Gasteiger partial charge in [0.2, 0.25) is 0 Å². The lowest BCUT2D eigenvalue weighted by Crippen LogP contribution is -2.13. The number of carbonyl (C=O) groups is 1. The van der Waals surface area contributed by atoms with Crippen LogP contribution >= 0.6 is 0 Å². The van der Waals surface area contributed by atoms with E-state index in [1.165, 1.54) is 6.07 Å². The van der Waals surface area contributed by atoms with Gasteiger partial charge in [0.25, 0.3) is 0 Å². The maximum Gasteiger partial charge on any atom is 0.170 e. The molecular weight excluding hydrogens is 376 g/mol. The second-order valence-corrected chi connectivity index (χ2v) is 8.34. The Morgan fingerprint density at radius 3 is 2.41 bits per heavy atom. The Balaban J connectivity index is 1.67. The van der Waals surface area contributed by atoms with Gasteiger partial charge in [-0.1, -0.05) is 12.1 Å². The molecule has 27 heavy (non-hydrogen) atoms. The molecule has 0 amide bonds. The van der Waals surface area contributed by atoms with E-state index in [9.17, 15) is 22.0 Å². The van der Waals surface area contributed by atoms with Crippen LogP contribution in [0.25, 0.3) is 0 Å². The van der Waals surface area contributed by atoms with E-state index in [-0.39, 0.29) is 24.6 Å². The van der Waals surface area contributed by atoms with Gasteiger partial charge in [0.1, 0.15) is 12.4 Å². The van der Waals surface area contributed by atoms with Crippen LogP contribution < -0.4 is 10.1 Å². The summed E-state index contributed by atoms with van der Waals surface area (Å²) >= 11 is 0. The van der Waals surface area contributed by atoms with Gasteiger partial charge in [-0.15, -0.1) is 0 Å². The molecule has 0 unspecified atom stereocenters. The normalized spacial score (nSPS) is 11.2. The van der Waals surface area contributed by atoms with Crippen molar-refractivity contribution < 1.29 is 26.7 Å². The van der Waals surface area contributed by atoms with Crippen molar-refractivity contribution in [3.05, 3.63) is 59.7 Å². The molecule has 2 aromatic rings. The summed E-state index contributed by atoms with van der Waals surface area (Å²) < 4.78 is 53.7. The molecule has 2 rings (SSSR count). The molecule has 0 saturated heterocycles. The number of Topliss-reactive ketones (excluding diaryl/α,β-unsaturated/α-hetero) is 1. The van der Waals surface area contributed by atoms with E-state index in [1.54, 1.807) is 24.3 Å². The Kier molecular flexibility index (Phi) is 7.29. The highest BCUT2D eigenvalue weighted by Crippen LogP contribution is 2.15. The van der Waals surface area contributed by atoms with Crippen molar-refractivity contribution in [1.82, 2.24) is 0 Å². The van der Waals surface area contributed by atoms with E-state index >= 15 is 0 Å². The fourth-order valence-electron chi connectivity index (χ4n) is 2.35. The maximum atomic E-state index is 13.1. The van der Waals surface area contributed by atoms with Crippen LogP contribution in [-0.2, 0) is 20.4 Å². The molecule has 146 valence electrons. The predicted octanol–water partition coefficient (Wildman–Crippen LogP) is 3.35. The van der Waals surface area contributed by atoms with Gasteiger partial charge in [-0.25, -0.2) is 17.2 Å². The number of halogens is 2. The fraction of sp³-hybridized carbons (Fsp3) is 0.316. The first kappa shape index (κ1) is 20.8. The van der Waals surface area contributed by atoms with Crippen LogP contribution in [0.2, 0.25) is 0 Å². The van der Waals surface area contributed by atoms with Crippen LogP contribution in [0.15, 0.2) is 42.5 Å². The third kappa shape index (κ3) is 7.74. The van der Waals surface area contributed by atoms with E-state index < -0.39 is 21.5 Å². The molecule has 0 aliphatic heterocycles. The van der Waals surface area contributed by atoms with Crippen LogP contribution in [0.3, 0.4) is 0 Å². The second-order valence-electron chi connectivity index (χ2n) is 6.20. The minimum absolute atomic E-state index is 0.0445. The van der Waals surface area contributed by atoms with Crippen LogP contribution in [0.5, 0.6) is 5.75 Å². The topological polar surface area (TPSA) is 72.5 Å². The standard InChI is InChI=1S/C19H21F2NO4S/c1-27(24,25)13-14-4-7-17(8-5-14)26-12-16(23)3-2-10-22-15-6-9-18(20)19(21)11-15/h4-9,11,22H,2-3,10,12-13H2,1H3. The molecule has 0 aromatic heterocycles. The van der Waals surface area contributed by atoms with Gasteiger partial charge in [0.15, 0.2) is 27.3 Å². The highest BCUT2D eigenvalue weighted by atomic mass is 32.2. The molecule has 1 N–H and O–H groups in total. The number of hydrogen-bond acceptors (Lipinski definition) is 5. The molecule has 0 fully saturated rings. The minimum atomic E-state index is -3.09. The van der Waals surface area contributed by atoms with Gasteiger partial charge in [-0.3, -0.25) is 4.79 Å². The summed E-state index contributed by atoms with van der Waals surface area (Å²) in [5, 5.41) is 2.92. The van der Waals surface area contributed by atoms with Crippen molar-refractivity contribution in [3.63, 3.8) is 0 Å². The van der Waals surface area contributed by atoms with Crippen molar-refractivity contribution in [2.75, 3.05) is 24.7 Å². The van der Waals surface area contributed by atoms with Crippen molar-refractivity contribution in [2.24, 2.45) is 0 Å².